The zero-order valence-electron chi connectivity index (χ0n) is 66.0. The highest BCUT2D eigenvalue weighted by Crippen LogP contribution is 2.35. The topological polar surface area (TPSA) is 208 Å². The monoisotopic (exact) mass is 1490 g/mol. The fraction of sp³-hybridized carbons (Fsp3) is 0.733. The zero-order valence-corrected chi connectivity index (χ0v) is 70.1. The van der Waals surface area contributed by atoms with Crippen molar-refractivity contribution in [2.45, 2.75) is 165 Å². The van der Waals surface area contributed by atoms with Crippen molar-refractivity contribution in [2.24, 2.45) is 0 Å². The first kappa shape index (κ1) is 94.1. The van der Waals surface area contributed by atoms with Gasteiger partial charge in [0.25, 0.3) is 0 Å². The Bertz CT molecular complexity index is 3570. The number of anilines is 5. The average Bonchev–Trinajstić information content (AvgIpc) is 0.786. The number of ether oxygens (including phenoxy) is 5. The van der Waals surface area contributed by atoms with E-state index in [1.165, 1.54) is 0 Å². The predicted octanol–water partition coefficient (Wildman–Crippen LogP) is 11.3. The molecule has 100 heavy (non-hydrogen) atoms. The molecule has 0 amide bonds. The molecule has 0 saturated heterocycles. The van der Waals surface area contributed by atoms with Crippen molar-refractivity contribution in [1.29, 1.82) is 0 Å². The molecule has 5 N–H and O–H groups in total. The molecule has 0 aliphatic rings. The van der Waals surface area contributed by atoms with Crippen molar-refractivity contribution in [2.75, 3.05) is 226 Å². The molecular formula is C75H130N10O10S5. The summed E-state index contributed by atoms with van der Waals surface area (Å²) in [5.41, 5.74) is 7.67. The van der Waals surface area contributed by atoms with Gasteiger partial charge in [-0.1, -0.05) is 193 Å². The van der Waals surface area contributed by atoms with Crippen molar-refractivity contribution in [3.63, 3.8) is 0 Å². The standard InChI is InChI=1S/2C16H28N2O2S.C15H26N2O2S.2C14H24N2O2S/c1-6-8-18(5)9-11-20-10-7-17-13-12(16(2,3)4)14(19)15(13)21;1-6-18(7-2)9-11-20-10-8-17-13-12(16(3,4)5)14(19)15(13)21;1-6-17(5)8-10-19-9-7-16-12-11(15(2,3)4)13(18)14(12)20;1-14(2,3)10-11(13(19)12(10)17)15-6-8-18-9-7-16(4)5;1-14(2,3)10-11(13(19)12(10)17)16(5)7-9-18-8-6-15-4/h2*17H,6-11H2,1-5H3;16H,6-10H2,1-5H3;2*15H,6-9H2,1-5H3. The van der Waals surface area contributed by atoms with Crippen LogP contribution in [0.3, 0.4) is 0 Å². The van der Waals surface area contributed by atoms with E-state index in [-0.39, 0.29) is 54.2 Å². The van der Waals surface area contributed by atoms with Crippen LogP contribution in [0.2, 0.25) is 0 Å². The molecule has 0 fully saturated rings. The van der Waals surface area contributed by atoms with E-state index in [1.807, 2.05) is 137 Å². The third-order valence-electron chi connectivity index (χ3n) is 16.4. The molecule has 0 radical (unpaired) electrons. The number of rotatable bonds is 40. The second-order valence-electron chi connectivity index (χ2n) is 30.6. The van der Waals surface area contributed by atoms with Crippen LogP contribution in [0.1, 0.15) is 166 Å². The van der Waals surface area contributed by atoms with Crippen molar-refractivity contribution in [1.82, 2.24) is 24.9 Å². The first-order chi connectivity index (χ1) is 46.4. The molecule has 5 aromatic rings. The SMILES string of the molecule is CCCN(C)CCOCCNc1c(C(C)(C)C)c(=O)c1=S.CCN(C)CCOCCNc1c(C(C)(C)C)c(=O)c1=S.CCN(CC)CCOCCNc1c(C(C)(C)C)c(=O)c1=S.CN(C)CCOCCNc1c(C(C)(C)C)c(=O)c1=S.CNCCOCCN(C)c1c(C(C)(C)C)c(=O)c1=S. The summed E-state index contributed by atoms with van der Waals surface area (Å²) in [7, 11) is 12.1. The molecule has 0 aromatic heterocycles. The highest BCUT2D eigenvalue weighted by molar-refractivity contribution is 7.72. The minimum Gasteiger partial charge on any atom is -0.381 e. The van der Waals surface area contributed by atoms with Crippen LogP contribution in [0.4, 0.5) is 28.4 Å². The van der Waals surface area contributed by atoms with Gasteiger partial charge in [-0.15, -0.1) is 0 Å². The molecule has 0 unspecified atom stereocenters. The highest BCUT2D eigenvalue weighted by Gasteiger charge is 2.33. The minimum absolute atomic E-state index is 0.0125. The average molecular weight is 1490 g/mol. The molecule has 0 bridgehead atoms. The van der Waals surface area contributed by atoms with Crippen molar-refractivity contribution in [3.05, 3.63) is 101 Å². The summed E-state index contributed by atoms with van der Waals surface area (Å²) in [6.45, 7) is 58.1. The summed E-state index contributed by atoms with van der Waals surface area (Å²) in [6.07, 6.45) is 1.16. The summed E-state index contributed by atoms with van der Waals surface area (Å²) in [5.74, 6) is 0. The van der Waals surface area contributed by atoms with Crippen LogP contribution in [0.5, 0.6) is 0 Å². The molecule has 0 aliphatic carbocycles. The van der Waals surface area contributed by atoms with E-state index in [9.17, 15) is 24.0 Å². The number of likely N-dealkylation sites (N-methyl/N-ethyl adjacent to an activating group) is 6. The highest BCUT2D eigenvalue weighted by atomic mass is 32.1. The molecule has 0 saturated carbocycles. The van der Waals surface area contributed by atoms with Gasteiger partial charge in [0.2, 0.25) is 27.1 Å². The fourth-order valence-electron chi connectivity index (χ4n) is 10.6. The van der Waals surface area contributed by atoms with Crippen LogP contribution >= 0.6 is 61.1 Å². The lowest BCUT2D eigenvalue weighted by Crippen LogP contribution is -2.36. The van der Waals surface area contributed by atoms with E-state index < -0.39 is 0 Å². The van der Waals surface area contributed by atoms with E-state index in [2.05, 4.69) is 88.0 Å². The number of hydrogen-bond acceptors (Lipinski definition) is 25. The third kappa shape index (κ3) is 31.0. The van der Waals surface area contributed by atoms with E-state index in [4.69, 9.17) is 84.8 Å². The van der Waals surface area contributed by atoms with Gasteiger partial charge in [-0.25, -0.2) is 0 Å². The van der Waals surface area contributed by atoms with Gasteiger partial charge in [0.1, 0.15) is 22.6 Å². The van der Waals surface area contributed by atoms with Gasteiger partial charge in [0.15, 0.2) is 0 Å². The Labute approximate surface area is 626 Å². The normalized spacial score (nSPS) is 12.2. The Balaban J connectivity index is 0.000000625. The second-order valence-corrected chi connectivity index (χ2v) is 32.6. The van der Waals surface area contributed by atoms with Crippen molar-refractivity contribution >= 4 is 89.5 Å². The molecule has 25 heteroatoms. The Morgan fingerprint density at radius 3 is 0.890 bits per heavy atom. The molecule has 5 aromatic carbocycles. The maximum atomic E-state index is 11.9. The van der Waals surface area contributed by atoms with Gasteiger partial charge in [-0.3, -0.25) is 24.0 Å². The maximum absolute atomic E-state index is 11.9. The van der Waals surface area contributed by atoms with E-state index in [1.54, 1.807) is 0 Å². The molecule has 0 spiro atoms. The second kappa shape index (κ2) is 45.5. The number of hydrogen-bond donors (Lipinski definition) is 5. The van der Waals surface area contributed by atoms with Crippen LogP contribution < -0.4 is 58.6 Å². The lowest BCUT2D eigenvalue weighted by molar-refractivity contribution is 0.114. The summed E-state index contributed by atoms with van der Waals surface area (Å²) < 4.78 is 29.9. The molecule has 5 rings (SSSR count). The van der Waals surface area contributed by atoms with E-state index in [0.717, 1.165) is 148 Å². The van der Waals surface area contributed by atoms with Crippen LogP contribution in [-0.4, -0.2) is 220 Å². The van der Waals surface area contributed by atoms with Crippen LogP contribution in [0, 0.1) is 22.6 Å². The molecule has 570 valence electrons. The molecule has 0 aliphatic heterocycles. The summed E-state index contributed by atoms with van der Waals surface area (Å²) in [5, 5.41) is 16.0. The van der Waals surface area contributed by atoms with Gasteiger partial charge >= 0.3 is 0 Å². The Morgan fingerprint density at radius 1 is 0.330 bits per heavy atom. The Hall–Kier alpha value is -3.90. The Kier molecular flexibility index (Phi) is 42.8. The zero-order chi connectivity index (χ0) is 76.7. The van der Waals surface area contributed by atoms with E-state index in [0.29, 0.717) is 95.0 Å². The molecule has 20 nitrogen and oxygen atoms in total. The van der Waals surface area contributed by atoms with Gasteiger partial charge in [0, 0.05) is 100 Å². The summed E-state index contributed by atoms with van der Waals surface area (Å²) in [4.78, 5) is 69.9. The van der Waals surface area contributed by atoms with Gasteiger partial charge in [0.05, 0.1) is 94.5 Å². The minimum atomic E-state index is -0.161. The summed E-state index contributed by atoms with van der Waals surface area (Å²) in [6, 6.07) is 0. The first-order valence-corrected chi connectivity index (χ1v) is 37.6. The molecule has 0 atom stereocenters. The molecule has 0 heterocycles. The lowest BCUT2D eigenvalue weighted by atomic mass is 9.82. The lowest BCUT2D eigenvalue weighted by Gasteiger charge is -2.30. The summed E-state index contributed by atoms with van der Waals surface area (Å²) >= 11 is 25.6. The largest absolute Gasteiger partial charge is 0.381 e. The smallest absolute Gasteiger partial charge is 0.204 e. The van der Waals surface area contributed by atoms with Crippen molar-refractivity contribution in [3.8, 4) is 0 Å². The fourth-order valence-corrected chi connectivity index (χ4v) is 12.1. The van der Waals surface area contributed by atoms with Gasteiger partial charge < -0.3 is 74.8 Å². The maximum Gasteiger partial charge on any atom is 0.204 e. The van der Waals surface area contributed by atoms with Crippen LogP contribution in [-0.2, 0) is 50.8 Å². The number of nitrogens with zero attached hydrogens (tertiary/aromatic N) is 5. The van der Waals surface area contributed by atoms with Crippen LogP contribution in [0.15, 0.2) is 24.0 Å². The third-order valence-corrected chi connectivity index (χ3v) is 18.4. The Morgan fingerprint density at radius 2 is 0.610 bits per heavy atom. The predicted molar refractivity (Wildman–Crippen MR) is 436 cm³/mol. The first-order valence-electron chi connectivity index (χ1n) is 35.6. The van der Waals surface area contributed by atoms with E-state index >= 15 is 0 Å². The van der Waals surface area contributed by atoms with Gasteiger partial charge in [-0.05, 0) is 94.9 Å². The van der Waals surface area contributed by atoms with Gasteiger partial charge in [-0.2, -0.15) is 0 Å². The van der Waals surface area contributed by atoms with Crippen LogP contribution in [0.25, 0.3) is 0 Å². The number of nitrogens with one attached hydrogen (secondary N) is 5. The quantitative estimate of drug-likeness (QED) is 0.0182. The molecular weight excluding hydrogens is 1360 g/mol. The van der Waals surface area contributed by atoms with Crippen molar-refractivity contribution < 1.29 is 23.7 Å².